The summed E-state index contributed by atoms with van der Waals surface area (Å²) in [6.07, 6.45) is 3.33. The number of nitrogens with zero attached hydrogens (tertiary/aromatic N) is 1. The van der Waals surface area contributed by atoms with Crippen LogP contribution in [0.1, 0.15) is 27.7 Å². The van der Waals surface area contributed by atoms with Crippen LogP contribution in [0.3, 0.4) is 0 Å². The van der Waals surface area contributed by atoms with Gasteiger partial charge in [0.05, 0.1) is 25.1 Å². The number of ether oxygens (including phenoxy) is 2. The van der Waals surface area contributed by atoms with Gasteiger partial charge >= 0.3 is 5.97 Å². The summed E-state index contributed by atoms with van der Waals surface area (Å²) in [5, 5.41) is 1.46. The summed E-state index contributed by atoms with van der Waals surface area (Å²) in [5.74, 6) is -0.308. The third kappa shape index (κ3) is 4.05. The number of methoxy groups -OCH3 is 1. The molecule has 1 amide bonds. The molecule has 2 aromatic carbocycles. The highest BCUT2D eigenvalue weighted by molar-refractivity contribution is 5.89. The van der Waals surface area contributed by atoms with Gasteiger partial charge in [-0.15, -0.1) is 0 Å². The molecular formula is C23H20N2O5. The summed E-state index contributed by atoms with van der Waals surface area (Å²) in [7, 11) is 1.60. The third-order valence-electron chi connectivity index (χ3n) is 4.70. The second-order valence-electron chi connectivity index (χ2n) is 6.59. The number of furan rings is 1. The largest absolute Gasteiger partial charge is 0.497 e. The van der Waals surface area contributed by atoms with Gasteiger partial charge in [0.15, 0.2) is 6.61 Å². The Morgan fingerprint density at radius 3 is 2.47 bits per heavy atom. The van der Waals surface area contributed by atoms with Gasteiger partial charge in [-0.3, -0.25) is 10.2 Å². The highest BCUT2D eigenvalue weighted by Gasteiger charge is 2.31. The third-order valence-corrected chi connectivity index (χ3v) is 4.70. The minimum absolute atomic E-state index is 0.0481. The van der Waals surface area contributed by atoms with Gasteiger partial charge in [0, 0.05) is 0 Å². The molecule has 7 nitrogen and oxygen atoms in total. The van der Waals surface area contributed by atoms with E-state index in [-0.39, 0.29) is 11.8 Å². The van der Waals surface area contributed by atoms with Crippen LogP contribution >= 0.6 is 0 Å². The van der Waals surface area contributed by atoms with Gasteiger partial charge in [-0.2, -0.15) is 0 Å². The molecule has 4 rings (SSSR count). The van der Waals surface area contributed by atoms with Crippen LogP contribution in [0.2, 0.25) is 0 Å². The van der Waals surface area contributed by atoms with Crippen molar-refractivity contribution >= 4 is 17.6 Å². The molecule has 0 bridgehead atoms. The van der Waals surface area contributed by atoms with Crippen molar-refractivity contribution in [1.29, 1.82) is 0 Å². The molecule has 0 saturated carbocycles. The number of amides is 1. The van der Waals surface area contributed by atoms with Crippen LogP contribution in [0.15, 0.2) is 83.5 Å². The molecule has 0 radical (unpaired) electrons. The van der Waals surface area contributed by atoms with Crippen LogP contribution in [0.4, 0.5) is 0 Å². The molecule has 0 aliphatic carbocycles. The minimum Gasteiger partial charge on any atom is -0.497 e. The van der Waals surface area contributed by atoms with E-state index in [4.69, 9.17) is 13.9 Å². The molecule has 2 heterocycles. The van der Waals surface area contributed by atoms with Gasteiger partial charge in [-0.25, -0.2) is 9.80 Å². The maximum atomic E-state index is 12.9. The lowest BCUT2D eigenvalue weighted by Gasteiger charge is -2.25. The van der Waals surface area contributed by atoms with Crippen molar-refractivity contribution in [2.24, 2.45) is 0 Å². The summed E-state index contributed by atoms with van der Waals surface area (Å²) >= 11 is 0. The number of hydrogen-bond donors (Lipinski definition) is 1. The Morgan fingerprint density at radius 1 is 1.03 bits per heavy atom. The van der Waals surface area contributed by atoms with Crippen molar-refractivity contribution in [2.75, 3.05) is 13.7 Å². The highest BCUT2D eigenvalue weighted by Crippen LogP contribution is 2.32. The lowest BCUT2D eigenvalue weighted by Crippen LogP contribution is -2.42. The molecule has 1 atom stereocenters. The Bertz CT molecular complexity index is 1040. The average molecular weight is 404 g/mol. The molecule has 152 valence electrons. The smallest absolute Gasteiger partial charge is 0.374 e. The van der Waals surface area contributed by atoms with Crippen molar-refractivity contribution in [3.63, 3.8) is 0 Å². The number of carbonyl (C=O) groups excluding carboxylic acids is 2. The van der Waals surface area contributed by atoms with E-state index in [0.29, 0.717) is 0 Å². The van der Waals surface area contributed by atoms with Crippen LogP contribution in [-0.4, -0.2) is 30.6 Å². The van der Waals surface area contributed by atoms with Gasteiger partial charge in [0.1, 0.15) is 5.75 Å². The summed E-state index contributed by atoms with van der Waals surface area (Å²) < 4.78 is 15.3. The monoisotopic (exact) mass is 404 g/mol. The van der Waals surface area contributed by atoms with E-state index in [9.17, 15) is 9.59 Å². The number of nitrogens with one attached hydrogen (secondary N) is 1. The number of benzene rings is 2. The topological polar surface area (TPSA) is 81.0 Å². The second kappa shape index (κ2) is 8.57. The molecule has 1 aliphatic rings. The first kappa shape index (κ1) is 19.3. The quantitative estimate of drug-likeness (QED) is 0.633. The van der Waals surface area contributed by atoms with E-state index in [1.165, 1.54) is 17.3 Å². The maximum absolute atomic E-state index is 12.9. The number of hydrogen-bond acceptors (Lipinski definition) is 6. The molecule has 3 aromatic rings. The Kier molecular flexibility index (Phi) is 5.52. The highest BCUT2D eigenvalue weighted by atomic mass is 16.5. The number of hydrazine groups is 1. The van der Waals surface area contributed by atoms with Crippen molar-refractivity contribution in [1.82, 2.24) is 10.4 Å². The van der Waals surface area contributed by atoms with Gasteiger partial charge < -0.3 is 13.9 Å². The molecule has 7 heteroatoms. The molecular weight excluding hydrogens is 384 g/mol. The molecule has 1 aliphatic heterocycles. The summed E-state index contributed by atoms with van der Waals surface area (Å²) in [6.45, 7) is -0.422. The Hall–Kier alpha value is -4.00. The Morgan fingerprint density at radius 2 is 1.80 bits per heavy atom. The van der Waals surface area contributed by atoms with E-state index in [2.05, 4.69) is 5.43 Å². The van der Waals surface area contributed by atoms with Gasteiger partial charge in [-0.05, 0) is 41.5 Å². The van der Waals surface area contributed by atoms with Crippen LogP contribution < -0.4 is 10.2 Å². The van der Waals surface area contributed by atoms with Crippen molar-refractivity contribution in [3.8, 4) is 5.75 Å². The molecule has 1 aromatic heterocycles. The first-order valence-corrected chi connectivity index (χ1v) is 9.36. The van der Waals surface area contributed by atoms with Crippen molar-refractivity contribution < 1.29 is 23.5 Å². The van der Waals surface area contributed by atoms with E-state index in [1.807, 2.05) is 60.7 Å². The molecule has 1 N–H and O–H groups in total. The van der Waals surface area contributed by atoms with Gasteiger partial charge in [0.2, 0.25) is 5.76 Å². The summed E-state index contributed by atoms with van der Waals surface area (Å²) in [4.78, 5) is 24.9. The number of rotatable bonds is 6. The van der Waals surface area contributed by atoms with Gasteiger partial charge in [-0.1, -0.05) is 42.5 Å². The van der Waals surface area contributed by atoms with E-state index in [0.717, 1.165) is 22.6 Å². The van der Waals surface area contributed by atoms with Crippen molar-refractivity contribution in [2.45, 2.75) is 6.04 Å². The lowest BCUT2D eigenvalue weighted by atomic mass is 10.0. The first-order valence-electron chi connectivity index (χ1n) is 9.36. The van der Waals surface area contributed by atoms with E-state index < -0.39 is 18.5 Å². The molecule has 0 unspecified atom stereocenters. The SMILES string of the molecule is COc1ccc([C@H]2C=C(c3ccccc3)NN2C(=O)COC(=O)c2ccco2)cc1. The van der Waals surface area contributed by atoms with E-state index >= 15 is 0 Å². The molecule has 0 saturated heterocycles. The fourth-order valence-corrected chi connectivity index (χ4v) is 3.17. The van der Waals surface area contributed by atoms with Crippen LogP contribution in [-0.2, 0) is 9.53 Å². The maximum Gasteiger partial charge on any atom is 0.374 e. The molecule has 0 spiro atoms. The predicted molar refractivity (Wildman–Crippen MR) is 109 cm³/mol. The molecule has 0 fully saturated rings. The van der Waals surface area contributed by atoms with Crippen molar-refractivity contribution in [3.05, 3.63) is 96.0 Å². The fourth-order valence-electron chi connectivity index (χ4n) is 3.17. The average Bonchev–Trinajstić information content (AvgIpc) is 3.48. The minimum atomic E-state index is -0.690. The van der Waals surface area contributed by atoms with Crippen LogP contribution in [0, 0.1) is 0 Å². The molecule has 30 heavy (non-hydrogen) atoms. The summed E-state index contributed by atoms with van der Waals surface area (Å²) in [6, 6.07) is 19.8. The zero-order valence-electron chi connectivity index (χ0n) is 16.3. The zero-order chi connectivity index (χ0) is 20.9. The van der Waals surface area contributed by atoms with Gasteiger partial charge in [0.25, 0.3) is 5.91 Å². The predicted octanol–water partition coefficient (Wildman–Crippen LogP) is 3.57. The second-order valence-corrected chi connectivity index (χ2v) is 6.59. The van der Waals surface area contributed by atoms with Crippen LogP contribution in [0.25, 0.3) is 5.70 Å². The lowest BCUT2D eigenvalue weighted by molar-refractivity contribution is -0.137. The van der Waals surface area contributed by atoms with Crippen LogP contribution in [0.5, 0.6) is 5.75 Å². The number of carbonyl (C=O) groups is 2. The Balaban J connectivity index is 1.54. The zero-order valence-corrected chi connectivity index (χ0v) is 16.3. The standard InChI is InChI=1S/C23H20N2O5/c1-28-18-11-9-17(10-12-18)20-14-19(16-6-3-2-4-7-16)24-25(20)22(26)15-30-23(27)21-8-5-13-29-21/h2-14,20,24H,15H2,1H3/t20-/m1/s1. The Labute approximate surface area is 173 Å². The summed E-state index contributed by atoms with van der Waals surface area (Å²) in [5.41, 5.74) is 5.77. The first-order chi connectivity index (χ1) is 14.7. The normalized spacial score (nSPS) is 15.3. The number of esters is 1. The fraction of sp³-hybridized carbons (Fsp3) is 0.130. The van der Waals surface area contributed by atoms with E-state index in [1.54, 1.807) is 13.2 Å².